The van der Waals surface area contributed by atoms with Crippen LogP contribution in [0.2, 0.25) is 0 Å². The third-order valence-corrected chi connectivity index (χ3v) is 2.38. The molecule has 0 aliphatic heterocycles. The zero-order valence-electron chi connectivity index (χ0n) is 12.8. The molecular weight excluding hydrogens is 246 g/mol. The molecule has 0 aromatic carbocycles. The van der Waals surface area contributed by atoms with Gasteiger partial charge in [-0.05, 0) is 43.9 Å². The average molecular weight is 271 g/mol. The summed E-state index contributed by atoms with van der Waals surface area (Å²) in [4.78, 5) is 11.3. The maximum absolute atomic E-state index is 11.3. The molecule has 1 N–H and O–H groups in total. The summed E-state index contributed by atoms with van der Waals surface area (Å²) in [6.07, 6.45) is 11.4. The number of rotatable bonds is 8. The summed E-state index contributed by atoms with van der Waals surface area (Å²) in [6.45, 7) is 6.65. The summed E-state index contributed by atoms with van der Waals surface area (Å²) < 4.78 is 0. The smallest absolute Gasteiger partial charge is 0.243 e. The average Bonchev–Trinajstić information content (AvgIpc) is 2.42. The molecule has 0 aromatic heterocycles. The molecule has 0 fully saturated rings. The minimum Gasteiger partial charge on any atom is -0.352 e. The summed E-state index contributed by atoms with van der Waals surface area (Å²) in [7, 11) is 0. The topological polar surface area (TPSA) is 29.1 Å². The highest BCUT2D eigenvalue weighted by Gasteiger charge is 1.95. The fourth-order valence-electron chi connectivity index (χ4n) is 1.33. The van der Waals surface area contributed by atoms with Gasteiger partial charge >= 0.3 is 0 Å². The van der Waals surface area contributed by atoms with Crippen molar-refractivity contribution in [2.45, 2.75) is 46.5 Å². The lowest BCUT2D eigenvalue weighted by Gasteiger charge is -2.03. The molecule has 0 saturated heterocycles. The molecule has 0 aromatic rings. The summed E-state index contributed by atoms with van der Waals surface area (Å²) in [5.41, 5.74) is 0. The number of hydrogen-bond donors (Lipinski definition) is 1. The minimum atomic E-state index is -0.0318. The van der Waals surface area contributed by atoms with Crippen molar-refractivity contribution in [2.24, 2.45) is 5.92 Å². The highest BCUT2D eigenvalue weighted by atomic mass is 16.1. The molecular formula is C18H25NO. The number of carbonyl (C=O) groups is 1. The van der Waals surface area contributed by atoms with Gasteiger partial charge in [0.15, 0.2) is 0 Å². The fourth-order valence-corrected chi connectivity index (χ4v) is 1.33. The molecule has 0 aliphatic carbocycles. The number of amides is 1. The molecule has 20 heavy (non-hydrogen) atoms. The number of unbranched alkanes of at least 4 members (excludes halogenated alkanes) is 3. The number of carbonyl (C=O) groups excluding carboxylic acids is 1. The second-order valence-corrected chi connectivity index (χ2v) is 4.85. The maximum atomic E-state index is 11.3. The van der Waals surface area contributed by atoms with E-state index in [4.69, 9.17) is 0 Å². The van der Waals surface area contributed by atoms with E-state index in [0.29, 0.717) is 5.92 Å². The third kappa shape index (κ3) is 14.1. The van der Waals surface area contributed by atoms with Gasteiger partial charge in [0.25, 0.3) is 0 Å². The molecule has 0 atom stereocenters. The maximum Gasteiger partial charge on any atom is 0.243 e. The van der Waals surface area contributed by atoms with Crippen molar-refractivity contribution < 1.29 is 4.79 Å². The molecule has 2 nitrogen and oxygen atoms in total. The van der Waals surface area contributed by atoms with Gasteiger partial charge in [0.05, 0.1) is 0 Å². The molecule has 108 valence electrons. The van der Waals surface area contributed by atoms with Gasteiger partial charge in [0.1, 0.15) is 0 Å². The Morgan fingerprint density at radius 2 is 2.00 bits per heavy atom. The Morgan fingerprint density at radius 1 is 1.20 bits per heavy atom. The van der Waals surface area contributed by atoms with Gasteiger partial charge in [0, 0.05) is 19.0 Å². The zero-order chi connectivity index (χ0) is 15.1. The van der Waals surface area contributed by atoms with Crippen molar-refractivity contribution in [3.05, 3.63) is 24.3 Å². The Hall–Kier alpha value is -1.93. The van der Waals surface area contributed by atoms with Crippen molar-refractivity contribution >= 4 is 5.91 Å². The Morgan fingerprint density at radius 3 is 2.70 bits per heavy atom. The van der Waals surface area contributed by atoms with Gasteiger partial charge in [-0.25, -0.2) is 0 Å². The molecule has 2 heteroatoms. The predicted octanol–water partition coefficient (Wildman–Crippen LogP) is 3.46. The Bertz CT molecular complexity index is 436. The van der Waals surface area contributed by atoms with E-state index in [1.165, 1.54) is 0 Å². The summed E-state index contributed by atoms with van der Waals surface area (Å²) in [5.74, 6) is 11.7. The molecule has 0 heterocycles. The molecule has 0 unspecified atom stereocenters. The zero-order valence-corrected chi connectivity index (χ0v) is 12.8. The first kappa shape index (κ1) is 18.1. The Labute approximate surface area is 123 Å². The molecule has 0 aliphatic rings. The van der Waals surface area contributed by atoms with Crippen molar-refractivity contribution in [3.8, 4) is 23.7 Å². The molecule has 1 amide bonds. The summed E-state index contributed by atoms with van der Waals surface area (Å²) >= 11 is 0. The van der Waals surface area contributed by atoms with Crippen LogP contribution in [0.1, 0.15) is 46.5 Å². The van der Waals surface area contributed by atoms with Gasteiger partial charge in [-0.15, -0.1) is 0 Å². The summed E-state index contributed by atoms with van der Waals surface area (Å²) in [5, 5.41) is 2.83. The molecule has 0 bridgehead atoms. The SMILES string of the molecule is CC#CC#CCCCC/C=C/C=C/C(=O)NCC(C)C. The van der Waals surface area contributed by atoms with Gasteiger partial charge in [0.2, 0.25) is 5.91 Å². The van der Waals surface area contributed by atoms with E-state index in [9.17, 15) is 4.79 Å². The lowest BCUT2D eigenvalue weighted by molar-refractivity contribution is -0.116. The standard InChI is InChI=1S/C18H25NO/c1-4-5-6-7-8-9-10-11-12-13-14-15-18(20)19-16-17(2)3/h12-15,17H,8-11,16H2,1-3H3,(H,19,20)/b13-12+,15-14+. The first-order chi connectivity index (χ1) is 9.66. The third-order valence-electron chi connectivity index (χ3n) is 2.38. The van der Waals surface area contributed by atoms with Crippen LogP contribution in [0.15, 0.2) is 24.3 Å². The quantitative estimate of drug-likeness (QED) is 0.311. The highest BCUT2D eigenvalue weighted by Crippen LogP contribution is 1.99. The van der Waals surface area contributed by atoms with Crippen molar-refractivity contribution in [1.29, 1.82) is 0 Å². The normalized spacial score (nSPS) is 10.2. The van der Waals surface area contributed by atoms with E-state index < -0.39 is 0 Å². The van der Waals surface area contributed by atoms with E-state index >= 15 is 0 Å². The van der Waals surface area contributed by atoms with Crippen LogP contribution in [0.5, 0.6) is 0 Å². The highest BCUT2D eigenvalue weighted by molar-refractivity contribution is 5.87. The molecule has 0 saturated carbocycles. The summed E-state index contributed by atoms with van der Waals surface area (Å²) in [6, 6.07) is 0. The largest absolute Gasteiger partial charge is 0.352 e. The molecule has 0 radical (unpaired) electrons. The van der Waals surface area contributed by atoms with Crippen molar-refractivity contribution in [1.82, 2.24) is 5.32 Å². The van der Waals surface area contributed by atoms with Crippen molar-refractivity contribution in [2.75, 3.05) is 6.54 Å². The second kappa shape index (κ2) is 13.5. The Balaban J connectivity index is 3.58. The van der Waals surface area contributed by atoms with Crippen LogP contribution in [0.25, 0.3) is 0 Å². The molecule has 0 spiro atoms. The minimum absolute atomic E-state index is 0.0318. The van der Waals surface area contributed by atoms with Gasteiger partial charge in [-0.1, -0.05) is 43.9 Å². The van der Waals surface area contributed by atoms with Crippen LogP contribution in [0.3, 0.4) is 0 Å². The van der Waals surface area contributed by atoms with Gasteiger partial charge < -0.3 is 5.32 Å². The lowest BCUT2D eigenvalue weighted by Crippen LogP contribution is -2.25. The molecule has 0 rings (SSSR count). The van der Waals surface area contributed by atoms with E-state index in [1.54, 1.807) is 19.1 Å². The van der Waals surface area contributed by atoms with E-state index in [0.717, 1.165) is 32.2 Å². The van der Waals surface area contributed by atoms with Gasteiger partial charge in [-0.3, -0.25) is 4.79 Å². The van der Waals surface area contributed by atoms with E-state index in [1.807, 2.05) is 6.08 Å². The van der Waals surface area contributed by atoms with Crippen LogP contribution in [-0.2, 0) is 4.79 Å². The van der Waals surface area contributed by atoms with Crippen LogP contribution >= 0.6 is 0 Å². The van der Waals surface area contributed by atoms with Crippen molar-refractivity contribution in [3.63, 3.8) is 0 Å². The number of hydrogen-bond acceptors (Lipinski definition) is 1. The first-order valence-corrected chi connectivity index (χ1v) is 7.17. The van der Waals surface area contributed by atoms with Crippen LogP contribution in [-0.4, -0.2) is 12.5 Å². The van der Waals surface area contributed by atoms with Crippen LogP contribution in [0, 0.1) is 29.6 Å². The van der Waals surface area contributed by atoms with E-state index in [-0.39, 0.29) is 5.91 Å². The lowest BCUT2D eigenvalue weighted by atomic mass is 10.2. The monoisotopic (exact) mass is 271 g/mol. The van der Waals surface area contributed by atoms with Gasteiger partial charge in [-0.2, -0.15) is 0 Å². The van der Waals surface area contributed by atoms with E-state index in [2.05, 4.69) is 48.9 Å². The predicted molar refractivity (Wildman–Crippen MR) is 85.8 cm³/mol. The number of allylic oxidation sites excluding steroid dienone is 3. The second-order valence-electron chi connectivity index (χ2n) is 4.85. The first-order valence-electron chi connectivity index (χ1n) is 7.17. The van der Waals surface area contributed by atoms with Crippen LogP contribution < -0.4 is 5.32 Å². The fraction of sp³-hybridized carbons (Fsp3) is 0.500. The van der Waals surface area contributed by atoms with Crippen LogP contribution in [0.4, 0.5) is 0 Å². The Kier molecular flexibility index (Phi) is 12.2. The number of nitrogens with one attached hydrogen (secondary N) is 1.